The summed E-state index contributed by atoms with van der Waals surface area (Å²) in [5.41, 5.74) is 5.81. The first kappa shape index (κ1) is 12.3. The summed E-state index contributed by atoms with van der Waals surface area (Å²) in [6, 6.07) is 3.53. The molecule has 0 aliphatic heterocycles. The predicted octanol–water partition coefficient (Wildman–Crippen LogP) is 0.848. The highest BCUT2D eigenvalue weighted by Crippen LogP contribution is 2.19. The molecule has 88 valence electrons. The van der Waals surface area contributed by atoms with Crippen LogP contribution in [0.3, 0.4) is 0 Å². The minimum absolute atomic E-state index is 0.0190. The molecular formula is C11H18N4O. The fourth-order valence-corrected chi connectivity index (χ4v) is 1.29. The summed E-state index contributed by atoms with van der Waals surface area (Å²) >= 11 is 0. The van der Waals surface area contributed by atoms with Gasteiger partial charge in [0.1, 0.15) is 5.82 Å². The molecule has 0 saturated carbocycles. The predicted molar refractivity (Wildman–Crippen MR) is 65.0 cm³/mol. The molecule has 0 bridgehead atoms. The number of rotatable bonds is 4. The van der Waals surface area contributed by atoms with Crippen molar-refractivity contribution < 1.29 is 4.79 Å². The van der Waals surface area contributed by atoms with Crippen LogP contribution in [0.1, 0.15) is 13.8 Å². The topological polar surface area (TPSA) is 80.0 Å². The van der Waals surface area contributed by atoms with Gasteiger partial charge in [0.05, 0.1) is 11.1 Å². The maximum absolute atomic E-state index is 11.5. The van der Waals surface area contributed by atoms with E-state index in [4.69, 9.17) is 5.73 Å². The van der Waals surface area contributed by atoms with Gasteiger partial charge in [0.15, 0.2) is 0 Å². The zero-order valence-corrected chi connectivity index (χ0v) is 9.87. The summed E-state index contributed by atoms with van der Waals surface area (Å²) in [6.45, 7) is 4.20. The quantitative estimate of drug-likeness (QED) is 0.705. The third-order valence-corrected chi connectivity index (χ3v) is 2.38. The lowest BCUT2D eigenvalue weighted by molar-refractivity contribution is -0.128. The van der Waals surface area contributed by atoms with E-state index in [1.807, 2.05) is 13.8 Å². The van der Waals surface area contributed by atoms with Crippen molar-refractivity contribution >= 4 is 17.4 Å². The van der Waals surface area contributed by atoms with Gasteiger partial charge in [-0.25, -0.2) is 4.98 Å². The van der Waals surface area contributed by atoms with E-state index in [0.717, 1.165) is 0 Å². The average molecular weight is 222 g/mol. The van der Waals surface area contributed by atoms with Crippen LogP contribution in [-0.2, 0) is 4.79 Å². The SMILES string of the molecule is CNC(=O)C(C)(C)CNc1ncccc1N. The Morgan fingerprint density at radius 2 is 2.25 bits per heavy atom. The Kier molecular flexibility index (Phi) is 3.71. The number of nitrogen functional groups attached to an aromatic ring is 1. The first-order valence-corrected chi connectivity index (χ1v) is 5.14. The molecule has 1 heterocycles. The summed E-state index contributed by atoms with van der Waals surface area (Å²) in [5.74, 6) is 0.592. The molecule has 0 atom stereocenters. The van der Waals surface area contributed by atoms with Crippen molar-refractivity contribution in [3.05, 3.63) is 18.3 Å². The minimum atomic E-state index is -0.501. The second-order valence-corrected chi connectivity index (χ2v) is 4.26. The number of amides is 1. The third-order valence-electron chi connectivity index (χ3n) is 2.38. The normalized spacial score (nSPS) is 10.9. The molecular weight excluding hydrogens is 204 g/mol. The highest BCUT2D eigenvalue weighted by molar-refractivity contribution is 5.82. The summed E-state index contributed by atoms with van der Waals surface area (Å²) in [6.07, 6.45) is 1.66. The van der Waals surface area contributed by atoms with Crippen LogP contribution in [0.4, 0.5) is 11.5 Å². The van der Waals surface area contributed by atoms with Crippen molar-refractivity contribution in [3.8, 4) is 0 Å². The number of anilines is 2. The third kappa shape index (κ3) is 2.85. The van der Waals surface area contributed by atoms with Gasteiger partial charge >= 0.3 is 0 Å². The number of nitrogens with one attached hydrogen (secondary N) is 2. The second-order valence-electron chi connectivity index (χ2n) is 4.26. The van der Waals surface area contributed by atoms with Crippen LogP contribution in [0.5, 0.6) is 0 Å². The van der Waals surface area contributed by atoms with Gasteiger partial charge in [-0.3, -0.25) is 4.79 Å². The number of nitrogens with zero attached hydrogens (tertiary/aromatic N) is 1. The molecule has 16 heavy (non-hydrogen) atoms. The maximum Gasteiger partial charge on any atom is 0.227 e. The van der Waals surface area contributed by atoms with E-state index in [9.17, 15) is 4.79 Å². The maximum atomic E-state index is 11.5. The Labute approximate surface area is 95.4 Å². The van der Waals surface area contributed by atoms with Crippen LogP contribution in [0.25, 0.3) is 0 Å². The van der Waals surface area contributed by atoms with Crippen LogP contribution in [0.2, 0.25) is 0 Å². The molecule has 1 aromatic rings. The first-order valence-electron chi connectivity index (χ1n) is 5.14. The van der Waals surface area contributed by atoms with Crippen molar-refractivity contribution in [1.82, 2.24) is 10.3 Å². The molecule has 0 aliphatic rings. The molecule has 5 nitrogen and oxygen atoms in total. The van der Waals surface area contributed by atoms with Crippen LogP contribution < -0.4 is 16.4 Å². The van der Waals surface area contributed by atoms with E-state index >= 15 is 0 Å². The molecule has 0 aromatic carbocycles. The zero-order valence-electron chi connectivity index (χ0n) is 9.87. The number of nitrogens with two attached hydrogens (primary N) is 1. The Morgan fingerprint density at radius 1 is 1.56 bits per heavy atom. The van der Waals surface area contributed by atoms with Crippen LogP contribution >= 0.6 is 0 Å². The first-order chi connectivity index (χ1) is 7.47. The average Bonchev–Trinajstić information content (AvgIpc) is 2.27. The summed E-state index contributed by atoms with van der Waals surface area (Å²) in [7, 11) is 1.62. The number of pyridine rings is 1. The van der Waals surface area contributed by atoms with Gasteiger partial charge in [-0.15, -0.1) is 0 Å². The van der Waals surface area contributed by atoms with Gasteiger partial charge < -0.3 is 16.4 Å². The fraction of sp³-hybridized carbons (Fsp3) is 0.455. The van der Waals surface area contributed by atoms with Crippen molar-refractivity contribution in [2.24, 2.45) is 5.41 Å². The van der Waals surface area contributed by atoms with Crippen LogP contribution in [0, 0.1) is 5.41 Å². The number of hydrogen-bond donors (Lipinski definition) is 3. The smallest absolute Gasteiger partial charge is 0.227 e. The van der Waals surface area contributed by atoms with Gasteiger partial charge in [0, 0.05) is 19.8 Å². The van der Waals surface area contributed by atoms with E-state index in [1.54, 1.807) is 25.4 Å². The van der Waals surface area contributed by atoms with Gasteiger partial charge in [0.2, 0.25) is 5.91 Å². The lowest BCUT2D eigenvalue weighted by Crippen LogP contribution is -2.39. The molecule has 0 radical (unpaired) electrons. The van der Waals surface area contributed by atoms with E-state index < -0.39 is 5.41 Å². The summed E-state index contributed by atoms with van der Waals surface area (Å²) in [4.78, 5) is 15.6. The Hall–Kier alpha value is -1.78. The van der Waals surface area contributed by atoms with Gasteiger partial charge in [-0.1, -0.05) is 0 Å². The lowest BCUT2D eigenvalue weighted by Gasteiger charge is -2.23. The number of hydrogen-bond acceptors (Lipinski definition) is 4. The van der Waals surface area contributed by atoms with Crippen molar-refractivity contribution in [1.29, 1.82) is 0 Å². The molecule has 0 spiro atoms. The number of carbonyl (C=O) groups is 1. The van der Waals surface area contributed by atoms with E-state index in [1.165, 1.54) is 0 Å². The van der Waals surface area contributed by atoms with E-state index in [2.05, 4.69) is 15.6 Å². The molecule has 0 saturated heterocycles. The van der Waals surface area contributed by atoms with Gasteiger partial charge in [-0.05, 0) is 26.0 Å². The highest BCUT2D eigenvalue weighted by atomic mass is 16.2. The fourth-order valence-electron chi connectivity index (χ4n) is 1.29. The Balaban J connectivity index is 2.65. The molecule has 0 unspecified atom stereocenters. The largest absolute Gasteiger partial charge is 0.396 e. The van der Waals surface area contributed by atoms with Crippen molar-refractivity contribution in [2.45, 2.75) is 13.8 Å². The summed E-state index contributed by atoms with van der Waals surface area (Å²) in [5, 5.41) is 5.70. The van der Waals surface area contributed by atoms with Gasteiger partial charge in [-0.2, -0.15) is 0 Å². The van der Waals surface area contributed by atoms with Crippen molar-refractivity contribution in [2.75, 3.05) is 24.6 Å². The lowest BCUT2D eigenvalue weighted by atomic mass is 9.92. The molecule has 1 aromatic heterocycles. The molecule has 5 heteroatoms. The molecule has 0 fully saturated rings. The van der Waals surface area contributed by atoms with Crippen LogP contribution in [0.15, 0.2) is 18.3 Å². The number of carbonyl (C=O) groups excluding carboxylic acids is 1. The minimum Gasteiger partial charge on any atom is -0.396 e. The Bertz CT molecular complexity index is 376. The van der Waals surface area contributed by atoms with Crippen molar-refractivity contribution in [3.63, 3.8) is 0 Å². The van der Waals surface area contributed by atoms with Crippen LogP contribution in [-0.4, -0.2) is 24.5 Å². The molecule has 1 rings (SSSR count). The van der Waals surface area contributed by atoms with E-state index in [-0.39, 0.29) is 5.91 Å². The van der Waals surface area contributed by atoms with E-state index in [0.29, 0.717) is 18.1 Å². The number of aromatic nitrogens is 1. The zero-order chi connectivity index (χ0) is 12.2. The summed E-state index contributed by atoms with van der Waals surface area (Å²) < 4.78 is 0. The Morgan fingerprint density at radius 3 is 2.81 bits per heavy atom. The monoisotopic (exact) mass is 222 g/mol. The molecule has 1 amide bonds. The molecule has 4 N–H and O–H groups in total. The second kappa shape index (κ2) is 4.83. The highest BCUT2D eigenvalue weighted by Gasteiger charge is 2.26. The standard InChI is InChI=1S/C11H18N4O/c1-11(2,10(16)13-3)7-15-9-8(12)5-4-6-14-9/h4-6H,7,12H2,1-3H3,(H,13,16)(H,14,15). The van der Waals surface area contributed by atoms with Gasteiger partial charge in [0.25, 0.3) is 0 Å². The molecule has 0 aliphatic carbocycles.